The van der Waals surface area contributed by atoms with Crippen molar-refractivity contribution in [3.05, 3.63) is 0 Å². The molecule has 4 heteroatoms. The van der Waals surface area contributed by atoms with Crippen molar-refractivity contribution in [1.29, 1.82) is 0 Å². The first-order chi connectivity index (χ1) is 8.83. The van der Waals surface area contributed by atoms with E-state index in [-0.39, 0.29) is 5.91 Å². The fourth-order valence-corrected chi connectivity index (χ4v) is 2.14. The monoisotopic (exact) mass is 256 g/mol. The van der Waals surface area contributed by atoms with Gasteiger partial charge in [-0.1, -0.05) is 19.8 Å². The lowest BCUT2D eigenvalue weighted by atomic mass is 10.1. The largest absolute Gasteiger partial charge is 0.378 e. The summed E-state index contributed by atoms with van der Waals surface area (Å²) in [5.74, 6) is 0.185. The third-order valence-corrected chi connectivity index (χ3v) is 3.29. The molecule has 0 radical (unpaired) electrons. The van der Waals surface area contributed by atoms with E-state index in [4.69, 9.17) is 4.74 Å². The van der Waals surface area contributed by atoms with E-state index in [0.717, 1.165) is 64.8 Å². The summed E-state index contributed by atoms with van der Waals surface area (Å²) in [6.07, 6.45) is 7.56. The van der Waals surface area contributed by atoms with E-state index in [0.29, 0.717) is 12.5 Å². The second-order valence-electron chi connectivity index (χ2n) is 4.98. The van der Waals surface area contributed by atoms with Crippen molar-refractivity contribution in [3.63, 3.8) is 0 Å². The molecule has 18 heavy (non-hydrogen) atoms. The lowest BCUT2D eigenvalue weighted by Crippen LogP contribution is -2.33. The van der Waals surface area contributed by atoms with E-state index >= 15 is 0 Å². The highest BCUT2D eigenvalue weighted by Gasteiger charge is 2.12. The van der Waals surface area contributed by atoms with Crippen LogP contribution in [0.25, 0.3) is 0 Å². The normalized spacial score (nSPS) is 16.7. The Morgan fingerprint density at radius 3 is 2.78 bits per heavy atom. The zero-order chi connectivity index (χ0) is 13.1. The summed E-state index contributed by atoms with van der Waals surface area (Å²) in [5, 5.41) is 6.27. The molecule has 0 aromatic rings. The van der Waals surface area contributed by atoms with Crippen molar-refractivity contribution in [2.24, 2.45) is 0 Å². The predicted octanol–water partition coefficient (Wildman–Crippen LogP) is 1.84. The molecule has 0 saturated carbocycles. The highest BCUT2D eigenvalue weighted by atomic mass is 16.5. The molecule has 1 aliphatic heterocycles. The highest BCUT2D eigenvalue weighted by Crippen LogP contribution is 2.07. The molecule has 0 aromatic carbocycles. The van der Waals surface area contributed by atoms with Gasteiger partial charge in [0.25, 0.3) is 0 Å². The van der Waals surface area contributed by atoms with Crippen LogP contribution >= 0.6 is 0 Å². The van der Waals surface area contributed by atoms with E-state index in [9.17, 15) is 4.79 Å². The smallest absolute Gasteiger partial charge is 0.219 e. The van der Waals surface area contributed by atoms with Crippen molar-refractivity contribution >= 4 is 5.91 Å². The first-order valence-corrected chi connectivity index (χ1v) is 7.42. The number of hydrogen-bond donors (Lipinski definition) is 2. The van der Waals surface area contributed by atoms with Gasteiger partial charge in [0.05, 0.1) is 6.10 Å². The highest BCUT2D eigenvalue weighted by molar-refractivity contribution is 5.75. The van der Waals surface area contributed by atoms with Crippen LogP contribution in [0, 0.1) is 0 Å². The molecular formula is C14H28N2O2. The standard InChI is InChI=1S/C14H28N2O2/c1-2-3-4-6-14(17)16-9-5-12-18-13-7-10-15-11-8-13/h13,15H,2-12H2,1H3,(H,16,17). The van der Waals surface area contributed by atoms with Gasteiger partial charge in [0.2, 0.25) is 5.91 Å². The van der Waals surface area contributed by atoms with Gasteiger partial charge in [-0.25, -0.2) is 0 Å². The van der Waals surface area contributed by atoms with Crippen LogP contribution in [0.2, 0.25) is 0 Å². The summed E-state index contributed by atoms with van der Waals surface area (Å²) in [6.45, 7) is 5.80. The van der Waals surface area contributed by atoms with Crippen LogP contribution in [0.5, 0.6) is 0 Å². The van der Waals surface area contributed by atoms with Crippen molar-refractivity contribution in [1.82, 2.24) is 10.6 Å². The van der Waals surface area contributed by atoms with E-state index in [2.05, 4.69) is 17.6 Å². The van der Waals surface area contributed by atoms with E-state index in [1.807, 2.05) is 0 Å². The van der Waals surface area contributed by atoms with E-state index in [1.165, 1.54) is 0 Å². The third-order valence-electron chi connectivity index (χ3n) is 3.29. The second-order valence-corrected chi connectivity index (χ2v) is 4.98. The maximum atomic E-state index is 11.4. The molecule has 0 bridgehead atoms. The first kappa shape index (κ1) is 15.4. The molecule has 2 N–H and O–H groups in total. The molecule has 1 aliphatic rings. The Hall–Kier alpha value is -0.610. The number of hydrogen-bond acceptors (Lipinski definition) is 3. The molecule has 0 unspecified atom stereocenters. The van der Waals surface area contributed by atoms with Crippen LogP contribution in [-0.2, 0) is 9.53 Å². The fourth-order valence-electron chi connectivity index (χ4n) is 2.14. The summed E-state index contributed by atoms with van der Waals surface area (Å²) in [6, 6.07) is 0. The molecule has 1 heterocycles. The molecule has 1 rings (SSSR count). The second kappa shape index (κ2) is 10.3. The number of nitrogens with one attached hydrogen (secondary N) is 2. The fraction of sp³-hybridized carbons (Fsp3) is 0.929. The van der Waals surface area contributed by atoms with Crippen LogP contribution in [0.15, 0.2) is 0 Å². The van der Waals surface area contributed by atoms with Gasteiger partial charge in [0, 0.05) is 19.6 Å². The van der Waals surface area contributed by atoms with Crippen LogP contribution in [0.4, 0.5) is 0 Å². The maximum absolute atomic E-state index is 11.4. The molecule has 106 valence electrons. The minimum absolute atomic E-state index is 0.185. The quantitative estimate of drug-likeness (QED) is 0.619. The summed E-state index contributed by atoms with van der Waals surface area (Å²) < 4.78 is 5.77. The molecule has 0 spiro atoms. The third kappa shape index (κ3) is 7.67. The average Bonchev–Trinajstić information content (AvgIpc) is 2.40. The van der Waals surface area contributed by atoms with Crippen LogP contribution in [0.1, 0.15) is 51.9 Å². The number of rotatable bonds is 9. The van der Waals surface area contributed by atoms with Crippen molar-refractivity contribution in [3.8, 4) is 0 Å². The summed E-state index contributed by atoms with van der Waals surface area (Å²) in [5.41, 5.74) is 0. The van der Waals surface area contributed by atoms with Gasteiger partial charge < -0.3 is 15.4 Å². The SMILES string of the molecule is CCCCCC(=O)NCCCOC1CCNCC1. The van der Waals surface area contributed by atoms with Gasteiger partial charge in [-0.3, -0.25) is 4.79 Å². The summed E-state index contributed by atoms with van der Waals surface area (Å²) in [4.78, 5) is 11.4. The minimum Gasteiger partial charge on any atom is -0.378 e. The van der Waals surface area contributed by atoms with E-state index in [1.54, 1.807) is 0 Å². The number of carbonyl (C=O) groups is 1. The molecule has 1 saturated heterocycles. The van der Waals surface area contributed by atoms with E-state index < -0.39 is 0 Å². The molecule has 0 aromatic heterocycles. The van der Waals surface area contributed by atoms with Crippen LogP contribution in [-0.4, -0.2) is 38.3 Å². The van der Waals surface area contributed by atoms with Crippen LogP contribution < -0.4 is 10.6 Å². The predicted molar refractivity (Wildman–Crippen MR) is 73.6 cm³/mol. The minimum atomic E-state index is 0.185. The Bertz CT molecular complexity index is 216. The molecule has 1 amide bonds. The average molecular weight is 256 g/mol. The molecule has 0 aliphatic carbocycles. The molecular weight excluding hydrogens is 228 g/mol. The van der Waals surface area contributed by atoms with Crippen LogP contribution in [0.3, 0.4) is 0 Å². The lowest BCUT2D eigenvalue weighted by molar-refractivity contribution is -0.121. The maximum Gasteiger partial charge on any atom is 0.219 e. The van der Waals surface area contributed by atoms with Gasteiger partial charge in [-0.2, -0.15) is 0 Å². The summed E-state index contributed by atoms with van der Waals surface area (Å²) >= 11 is 0. The first-order valence-electron chi connectivity index (χ1n) is 7.42. The molecule has 1 fully saturated rings. The van der Waals surface area contributed by atoms with Crippen molar-refractivity contribution in [2.45, 2.75) is 58.0 Å². The van der Waals surface area contributed by atoms with Gasteiger partial charge in [-0.05, 0) is 38.8 Å². The summed E-state index contributed by atoms with van der Waals surface area (Å²) in [7, 11) is 0. The Kier molecular flexibility index (Phi) is 8.86. The van der Waals surface area contributed by atoms with Gasteiger partial charge in [-0.15, -0.1) is 0 Å². The zero-order valence-corrected chi connectivity index (χ0v) is 11.7. The number of amides is 1. The number of piperidine rings is 1. The Morgan fingerprint density at radius 2 is 2.06 bits per heavy atom. The Balaban J connectivity index is 1.86. The molecule has 4 nitrogen and oxygen atoms in total. The number of unbranched alkanes of at least 4 members (excludes halogenated alkanes) is 2. The van der Waals surface area contributed by atoms with Crippen molar-refractivity contribution < 1.29 is 9.53 Å². The number of carbonyl (C=O) groups excluding carboxylic acids is 1. The van der Waals surface area contributed by atoms with Crippen molar-refractivity contribution in [2.75, 3.05) is 26.2 Å². The lowest BCUT2D eigenvalue weighted by Gasteiger charge is -2.22. The Labute approximate surface area is 111 Å². The zero-order valence-electron chi connectivity index (χ0n) is 11.7. The number of ether oxygens (including phenoxy) is 1. The van der Waals surface area contributed by atoms with Gasteiger partial charge >= 0.3 is 0 Å². The van der Waals surface area contributed by atoms with Gasteiger partial charge in [0.15, 0.2) is 0 Å². The van der Waals surface area contributed by atoms with Gasteiger partial charge in [0.1, 0.15) is 0 Å². The Morgan fingerprint density at radius 1 is 1.28 bits per heavy atom. The molecule has 0 atom stereocenters. The topological polar surface area (TPSA) is 50.4 Å².